The predicted octanol–water partition coefficient (Wildman–Crippen LogP) is 1.80. The number of hydrogen-bond acceptors (Lipinski definition) is 3. The summed E-state index contributed by atoms with van der Waals surface area (Å²) >= 11 is 0. The Labute approximate surface area is 130 Å². The molecule has 0 aromatic heterocycles. The van der Waals surface area contributed by atoms with Gasteiger partial charge in [-0.25, -0.2) is 4.39 Å². The Morgan fingerprint density at radius 2 is 2.23 bits per heavy atom. The zero-order valence-electron chi connectivity index (χ0n) is 12.7. The number of halogens is 1. The molecule has 22 heavy (non-hydrogen) atoms. The molecule has 0 saturated carbocycles. The molecule has 1 heterocycles. The maximum Gasteiger partial charge on any atom is 0.222 e. The molecule has 2 rings (SSSR count). The second kappa shape index (κ2) is 8.06. The number of nitrogens with zero attached hydrogens (tertiary/aromatic N) is 2. The highest BCUT2D eigenvalue weighted by molar-refractivity contribution is 5.78. The summed E-state index contributed by atoms with van der Waals surface area (Å²) in [5.41, 5.74) is 0.591. The quantitative estimate of drug-likeness (QED) is 0.745. The van der Waals surface area contributed by atoms with Crippen molar-refractivity contribution in [2.24, 2.45) is 0 Å². The van der Waals surface area contributed by atoms with Gasteiger partial charge in [-0.05, 0) is 12.5 Å². The van der Waals surface area contributed by atoms with Crippen molar-refractivity contribution in [1.82, 2.24) is 9.80 Å². The van der Waals surface area contributed by atoms with Crippen molar-refractivity contribution in [3.63, 3.8) is 0 Å². The molecule has 5 heteroatoms. The minimum Gasteiger partial charge on any atom is -0.390 e. The van der Waals surface area contributed by atoms with Crippen LogP contribution in [0.1, 0.15) is 18.4 Å². The summed E-state index contributed by atoms with van der Waals surface area (Å²) in [6.07, 6.45) is 2.51. The minimum absolute atomic E-state index is 0.100. The van der Waals surface area contributed by atoms with E-state index in [0.717, 1.165) is 6.42 Å². The monoisotopic (exact) mass is 306 g/mol. The standard InChI is InChI=1S/C17H23FN2O2/c1-2-9-19(11-14-6-3-4-7-16(14)18)12-15(21)13-20-10-5-8-17(20)22/h2-4,6-7,15,21H,1,5,8-13H2. The van der Waals surface area contributed by atoms with Crippen LogP contribution in [0.2, 0.25) is 0 Å². The van der Waals surface area contributed by atoms with Crippen molar-refractivity contribution >= 4 is 5.91 Å². The largest absolute Gasteiger partial charge is 0.390 e. The van der Waals surface area contributed by atoms with Gasteiger partial charge in [0.2, 0.25) is 5.91 Å². The number of likely N-dealkylation sites (tertiary alicyclic amines) is 1. The maximum absolute atomic E-state index is 13.7. The number of β-amino-alcohol motifs (C(OH)–C–C–N with tert-alkyl or cyclic N) is 1. The second-order valence-electron chi connectivity index (χ2n) is 5.67. The fraction of sp³-hybridized carbons (Fsp3) is 0.471. The van der Waals surface area contributed by atoms with Crippen LogP contribution in [0.5, 0.6) is 0 Å². The molecule has 0 aliphatic carbocycles. The van der Waals surface area contributed by atoms with Gasteiger partial charge in [0, 0.05) is 44.7 Å². The average Bonchev–Trinajstić information content (AvgIpc) is 2.87. The van der Waals surface area contributed by atoms with Crippen LogP contribution in [0.4, 0.5) is 4.39 Å². The maximum atomic E-state index is 13.7. The zero-order valence-corrected chi connectivity index (χ0v) is 12.7. The fourth-order valence-electron chi connectivity index (χ4n) is 2.76. The van der Waals surface area contributed by atoms with E-state index in [-0.39, 0.29) is 11.7 Å². The summed E-state index contributed by atoms with van der Waals surface area (Å²) in [5, 5.41) is 10.2. The molecule has 0 bridgehead atoms. The summed E-state index contributed by atoms with van der Waals surface area (Å²) < 4.78 is 13.7. The molecule has 1 aliphatic heterocycles. The Morgan fingerprint density at radius 3 is 2.86 bits per heavy atom. The third-order valence-electron chi connectivity index (χ3n) is 3.81. The molecule has 1 aromatic rings. The van der Waals surface area contributed by atoms with Gasteiger partial charge in [-0.1, -0.05) is 24.3 Å². The number of carbonyl (C=O) groups is 1. The molecule has 4 nitrogen and oxygen atoms in total. The van der Waals surface area contributed by atoms with Crippen molar-refractivity contribution in [3.05, 3.63) is 48.3 Å². The second-order valence-corrected chi connectivity index (χ2v) is 5.67. The van der Waals surface area contributed by atoms with Crippen LogP contribution in [0.15, 0.2) is 36.9 Å². The van der Waals surface area contributed by atoms with Crippen LogP contribution >= 0.6 is 0 Å². The summed E-state index contributed by atoms with van der Waals surface area (Å²) in [6.45, 7) is 6.10. The first kappa shape index (κ1) is 16.6. The van der Waals surface area contributed by atoms with Gasteiger partial charge in [0.15, 0.2) is 0 Å². The lowest BCUT2D eigenvalue weighted by atomic mass is 10.2. The summed E-state index contributed by atoms with van der Waals surface area (Å²) in [4.78, 5) is 15.2. The van der Waals surface area contributed by atoms with Gasteiger partial charge in [0.1, 0.15) is 5.82 Å². The van der Waals surface area contributed by atoms with Gasteiger partial charge in [-0.3, -0.25) is 9.69 Å². The molecule has 120 valence electrons. The van der Waals surface area contributed by atoms with Gasteiger partial charge < -0.3 is 10.0 Å². The summed E-state index contributed by atoms with van der Waals surface area (Å²) in [7, 11) is 0. The molecule has 1 N–H and O–H groups in total. The van der Waals surface area contributed by atoms with Crippen molar-refractivity contribution in [2.45, 2.75) is 25.5 Å². The van der Waals surface area contributed by atoms with Gasteiger partial charge in [-0.15, -0.1) is 6.58 Å². The highest BCUT2D eigenvalue weighted by atomic mass is 19.1. The molecular formula is C17H23FN2O2. The Morgan fingerprint density at radius 1 is 1.45 bits per heavy atom. The number of aliphatic hydroxyl groups excluding tert-OH is 1. The van der Waals surface area contributed by atoms with Crippen molar-refractivity contribution in [1.29, 1.82) is 0 Å². The molecule has 1 saturated heterocycles. The van der Waals surface area contributed by atoms with Crippen molar-refractivity contribution in [2.75, 3.05) is 26.2 Å². The number of amides is 1. The zero-order chi connectivity index (χ0) is 15.9. The Balaban J connectivity index is 1.91. The molecule has 1 unspecified atom stereocenters. The summed E-state index contributed by atoms with van der Waals surface area (Å²) in [5.74, 6) is -0.149. The molecular weight excluding hydrogens is 283 g/mol. The van der Waals surface area contributed by atoms with E-state index in [1.807, 2.05) is 4.90 Å². The normalized spacial score (nSPS) is 16.3. The Hall–Kier alpha value is -1.72. The highest BCUT2D eigenvalue weighted by Gasteiger charge is 2.23. The van der Waals surface area contributed by atoms with Gasteiger partial charge in [0.25, 0.3) is 0 Å². The van der Waals surface area contributed by atoms with Crippen LogP contribution in [-0.2, 0) is 11.3 Å². The highest BCUT2D eigenvalue weighted by Crippen LogP contribution is 2.13. The number of rotatable bonds is 8. The molecule has 1 aliphatic rings. The molecule has 0 spiro atoms. The predicted molar refractivity (Wildman–Crippen MR) is 83.7 cm³/mol. The first-order chi connectivity index (χ1) is 10.6. The van der Waals surface area contributed by atoms with E-state index in [4.69, 9.17) is 0 Å². The van der Waals surface area contributed by atoms with E-state index in [2.05, 4.69) is 6.58 Å². The number of aliphatic hydroxyl groups is 1. The minimum atomic E-state index is -0.645. The van der Waals surface area contributed by atoms with E-state index in [1.165, 1.54) is 6.07 Å². The van der Waals surface area contributed by atoms with E-state index in [9.17, 15) is 14.3 Å². The Bertz CT molecular complexity index is 521. The van der Waals surface area contributed by atoms with Crippen molar-refractivity contribution < 1.29 is 14.3 Å². The summed E-state index contributed by atoms with van der Waals surface area (Å²) in [6, 6.07) is 6.62. The Kier molecular flexibility index (Phi) is 6.10. The van der Waals surface area contributed by atoms with Gasteiger partial charge >= 0.3 is 0 Å². The van der Waals surface area contributed by atoms with Gasteiger partial charge in [0.05, 0.1) is 6.10 Å². The molecule has 1 amide bonds. The number of benzene rings is 1. The fourth-order valence-corrected chi connectivity index (χ4v) is 2.76. The van der Waals surface area contributed by atoms with Crippen LogP contribution in [0.3, 0.4) is 0 Å². The van der Waals surface area contributed by atoms with E-state index < -0.39 is 6.10 Å². The lowest BCUT2D eigenvalue weighted by Gasteiger charge is -2.26. The van der Waals surface area contributed by atoms with Gasteiger partial charge in [-0.2, -0.15) is 0 Å². The van der Waals surface area contributed by atoms with Crippen LogP contribution in [-0.4, -0.2) is 53.1 Å². The molecule has 1 fully saturated rings. The first-order valence-electron chi connectivity index (χ1n) is 7.62. The average molecular weight is 306 g/mol. The van der Waals surface area contributed by atoms with E-state index in [0.29, 0.717) is 44.7 Å². The van der Waals surface area contributed by atoms with E-state index >= 15 is 0 Å². The SMILES string of the molecule is C=CCN(Cc1ccccc1F)CC(O)CN1CCCC1=O. The van der Waals surface area contributed by atoms with E-state index in [1.54, 1.807) is 29.2 Å². The molecule has 0 radical (unpaired) electrons. The molecule has 1 aromatic carbocycles. The van der Waals surface area contributed by atoms with Crippen LogP contribution in [0, 0.1) is 5.82 Å². The number of hydrogen-bond donors (Lipinski definition) is 1. The topological polar surface area (TPSA) is 43.8 Å². The van der Waals surface area contributed by atoms with Crippen LogP contribution in [0.25, 0.3) is 0 Å². The lowest BCUT2D eigenvalue weighted by Crippen LogP contribution is -2.40. The lowest BCUT2D eigenvalue weighted by molar-refractivity contribution is -0.129. The molecule has 1 atom stereocenters. The van der Waals surface area contributed by atoms with Crippen molar-refractivity contribution in [3.8, 4) is 0 Å². The third kappa shape index (κ3) is 4.64. The van der Waals surface area contributed by atoms with Crippen LogP contribution < -0.4 is 0 Å². The number of carbonyl (C=O) groups excluding carboxylic acids is 1. The smallest absolute Gasteiger partial charge is 0.222 e. The third-order valence-corrected chi connectivity index (χ3v) is 3.81. The first-order valence-corrected chi connectivity index (χ1v) is 7.62.